The highest BCUT2D eigenvalue weighted by Crippen LogP contribution is 2.28. The quantitative estimate of drug-likeness (QED) is 0.888. The van der Waals surface area contributed by atoms with Gasteiger partial charge in [-0.2, -0.15) is 0 Å². The molecule has 1 unspecified atom stereocenters. The Morgan fingerprint density at radius 2 is 1.83 bits per heavy atom. The monoisotopic (exact) mass is 247 g/mol. The molecule has 2 N–H and O–H groups in total. The van der Waals surface area contributed by atoms with Gasteiger partial charge in [0.05, 0.1) is 6.10 Å². The standard InChI is InChI=1S/C15H21NO2/c1-11(12-5-3-2-4-6-12)18-14-9-7-13(8-10-14)15(16)17/h7-12H,2-6H2,1H3,(H2,16,17). The molecular formula is C15H21NO2. The third-order valence-corrected chi connectivity index (χ3v) is 3.77. The number of carbonyl (C=O) groups is 1. The summed E-state index contributed by atoms with van der Waals surface area (Å²) in [5.41, 5.74) is 5.72. The Labute approximate surface area is 108 Å². The molecule has 0 heterocycles. The Morgan fingerprint density at radius 3 is 2.39 bits per heavy atom. The van der Waals surface area contributed by atoms with Crippen LogP contribution >= 0.6 is 0 Å². The number of carbonyl (C=O) groups excluding carboxylic acids is 1. The minimum Gasteiger partial charge on any atom is -0.490 e. The van der Waals surface area contributed by atoms with Crippen molar-refractivity contribution in [1.82, 2.24) is 0 Å². The van der Waals surface area contributed by atoms with Gasteiger partial charge in [0.2, 0.25) is 5.91 Å². The average molecular weight is 247 g/mol. The summed E-state index contributed by atoms with van der Waals surface area (Å²) in [7, 11) is 0. The Hall–Kier alpha value is -1.51. The Kier molecular flexibility index (Phi) is 4.24. The number of benzene rings is 1. The lowest BCUT2D eigenvalue weighted by atomic mass is 9.86. The predicted octanol–water partition coefficient (Wildman–Crippen LogP) is 3.13. The van der Waals surface area contributed by atoms with Crippen LogP contribution in [0.4, 0.5) is 0 Å². The van der Waals surface area contributed by atoms with Gasteiger partial charge in [-0.15, -0.1) is 0 Å². The van der Waals surface area contributed by atoms with Crippen molar-refractivity contribution in [3.63, 3.8) is 0 Å². The lowest BCUT2D eigenvalue weighted by Crippen LogP contribution is -2.25. The van der Waals surface area contributed by atoms with Crippen LogP contribution < -0.4 is 10.5 Å². The largest absolute Gasteiger partial charge is 0.490 e. The molecule has 1 fully saturated rings. The molecule has 0 saturated heterocycles. The van der Waals surface area contributed by atoms with E-state index >= 15 is 0 Å². The minimum atomic E-state index is -0.401. The van der Waals surface area contributed by atoms with Crippen molar-refractivity contribution >= 4 is 5.91 Å². The lowest BCUT2D eigenvalue weighted by Gasteiger charge is -2.28. The molecule has 1 aromatic carbocycles. The maximum atomic E-state index is 11.0. The number of nitrogens with two attached hydrogens (primary N) is 1. The molecule has 1 aliphatic rings. The molecule has 98 valence electrons. The number of rotatable bonds is 4. The number of ether oxygens (including phenoxy) is 1. The molecular weight excluding hydrogens is 226 g/mol. The van der Waals surface area contributed by atoms with Crippen LogP contribution in [-0.4, -0.2) is 12.0 Å². The van der Waals surface area contributed by atoms with Crippen LogP contribution in [0.1, 0.15) is 49.4 Å². The topological polar surface area (TPSA) is 52.3 Å². The number of hydrogen-bond acceptors (Lipinski definition) is 2. The van der Waals surface area contributed by atoms with Crippen molar-refractivity contribution in [2.45, 2.75) is 45.1 Å². The van der Waals surface area contributed by atoms with Gasteiger partial charge in [-0.1, -0.05) is 19.3 Å². The van der Waals surface area contributed by atoms with E-state index in [0.29, 0.717) is 11.5 Å². The first-order chi connectivity index (χ1) is 8.66. The zero-order chi connectivity index (χ0) is 13.0. The van der Waals surface area contributed by atoms with E-state index in [4.69, 9.17) is 10.5 Å². The fourth-order valence-electron chi connectivity index (χ4n) is 2.61. The van der Waals surface area contributed by atoms with Crippen LogP contribution in [0.25, 0.3) is 0 Å². The first-order valence-electron chi connectivity index (χ1n) is 6.73. The molecule has 3 heteroatoms. The zero-order valence-electron chi connectivity index (χ0n) is 10.9. The van der Waals surface area contributed by atoms with E-state index in [1.807, 2.05) is 12.1 Å². The van der Waals surface area contributed by atoms with Gasteiger partial charge < -0.3 is 10.5 Å². The molecule has 0 aromatic heterocycles. The summed E-state index contributed by atoms with van der Waals surface area (Å²) in [6, 6.07) is 7.06. The van der Waals surface area contributed by atoms with E-state index in [0.717, 1.165) is 5.75 Å². The smallest absolute Gasteiger partial charge is 0.248 e. The zero-order valence-corrected chi connectivity index (χ0v) is 10.9. The summed E-state index contributed by atoms with van der Waals surface area (Å²) < 4.78 is 5.94. The number of primary amides is 1. The van der Waals surface area contributed by atoms with Crippen molar-refractivity contribution in [2.75, 3.05) is 0 Å². The van der Waals surface area contributed by atoms with Crippen molar-refractivity contribution in [3.8, 4) is 5.75 Å². The molecule has 1 aliphatic carbocycles. The van der Waals surface area contributed by atoms with Crippen molar-refractivity contribution < 1.29 is 9.53 Å². The number of amides is 1. The highest BCUT2D eigenvalue weighted by Gasteiger charge is 2.21. The van der Waals surface area contributed by atoms with Crippen molar-refractivity contribution in [3.05, 3.63) is 29.8 Å². The summed E-state index contributed by atoms with van der Waals surface area (Å²) in [5.74, 6) is 1.08. The number of hydrogen-bond donors (Lipinski definition) is 1. The van der Waals surface area contributed by atoms with Gasteiger partial charge in [0, 0.05) is 5.56 Å². The van der Waals surface area contributed by atoms with Crippen molar-refractivity contribution in [1.29, 1.82) is 0 Å². The van der Waals surface area contributed by atoms with E-state index in [-0.39, 0.29) is 6.10 Å². The van der Waals surface area contributed by atoms with Crippen molar-refractivity contribution in [2.24, 2.45) is 11.7 Å². The van der Waals surface area contributed by atoms with E-state index < -0.39 is 5.91 Å². The van der Waals surface area contributed by atoms with Crippen LogP contribution in [0.15, 0.2) is 24.3 Å². The van der Waals surface area contributed by atoms with Crippen LogP contribution in [0.3, 0.4) is 0 Å². The fourth-order valence-corrected chi connectivity index (χ4v) is 2.61. The van der Waals surface area contributed by atoms with Crippen LogP contribution in [-0.2, 0) is 0 Å². The Balaban J connectivity index is 1.93. The Bertz CT molecular complexity index is 393. The minimum absolute atomic E-state index is 0.240. The van der Waals surface area contributed by atoms with Crippen LogP contribution in [0, 0.1) is 5.92 Å². The predicted molar refractivity (Wildman–Crippen MR) is 71.6 cm³/mol. The summed E-state index contributed by atoms with van der Waals surface area (Å²) in [6.07, 6.45) is 6.76. The second kappa shape index (κ2) is 5.89. The summed E-state index contributed by atoms with van der Waals surface area (Å²) in [5, 5.41) is 0. The molecule has 1 saturated carbocycles. The molecule has 1 atom stereocenters. The molecule has 2 rings (SSSR count). The van der Waals surface area contributed by atoms with Gasteiger partial charge >= 0.3 is 0 Å². The third-order valence-electron chi connectivity index (χ3n) is 3.77. The van der Waals surface area contributed by atoms with E-state index in [1.165, 1.54) is 32.1 Å². The molecule has 3 nitrogen and oxygen atoms in total. The van der Waals surface area contributed by atoms with Crippen LogP contribution in [0.5, 0.6) is 5.75 Å². The second-order valence-electron chi connectivity index (χ2n) is 5.11. The highest BCUT2D eigenvalue weighted by atomic mass is 16.5. The third kappa shape index (κ3) is 3.25. The first kappa shape index (κ1) is 12.9. The Morgan fingerprint density at radius 1 is 1.22 bits per heavy atom. The van der Waals surface area contributed by atoms with Gasteiger partial charge in [0.15, 0.2) is 0 Å². The van der Waals surface area contributed by atoms with E-state index in [9.17, 15) is 4.79 Å². The maximum Gasteiger partial charge on any atom is 0.248 e. The van der Waals surface area contributed by atoms with E-state index in [1.54, 1.807) is 12.1 Å². The van der Waals surface area contributed by atoms with Gasteiger partial charge in [0.1, 0.15) is 5.75 Å². The van der Waals surface area contributed by atoms with Crippen LogP contribution in [0.2, 0.25) is 0 Å². The fraction of sp³-hybridized carbons (Fsp3) is 0.533. The molecule has 0 spiro atoms. The molecule has 1 amide bonds. The summed E-state index contributed by atoms with van der Waals surface area (Å²) in [4.78, 5) is 11.0. The van der Waals surface area contributed by atoms with Gasteiger partial charge in [-0.25, -0.2) is 0 Å². The summed E-state index contributed by atoms with van der Waals surface area (Å²) >= 11 is 0. The lowest BCUT2D eigenvalue weighted by molar-refractivity contribution is 0.1000. The molecule has 0 aliphatic heterocycles. The second-order valence-corrected chi connectivity index (χ2v) is 5.11. The average Bonchev–Trinajstić information content (AvgIpc) is 2.40. The van der Waals surface area contributed by atoms with Gasteiger partial charge in [-0.05, 0) is 49.9 Å². The summed E-state index contributed by atoms with van der Waals surface area (Å²) in [6.45, 7) is 2.14. The molecule has 1 aromatic rings. The SMILES string of the molecule is CC(Oc1ccc(C(N)=O)cc1)C1CCCCC1. The van der Waals surface area contributed by atoms with Gasteiger partial charge in [0.25, 0.3) is 0 Å². The first-order valence-corrected chi connectivity index (χ1v) is 6.73. The molecule has 0 radical (unpaired) electrons. The van der Waals surface area contributed by atoms with E-state index in [2.05, 4.69) is 6.92 Å². The van der Waals surface area contributed by atoms with Gasteiger partial charge in [-0.3, -0.25) is 4.79 Å². The molecule has 0 bridgehead atoms. The maximum absolute atomic E-state index is 11.0. The normalized spacial score (nSPS) is 18.3. The molecule has 18 heavy (non-hydrogen) atoms. The highest BCUT2D eigenvalue weighted by molar-refractivity contribution is 5.92.